The summed E-state index contributed by atoms with van der Waals surface area (Å²) in [6.07, 6.45) is 8.68. The maximum absolute atomic E-state index is 12.2. The van der Waals surface area contributed by atoms with Gasteiger partial charge in [0.25, 0.3) is 0 Å². The number of hydrogen-bond acceptors (Lipinski definition) is 3. The fourth-order valence-electron chi connectivity index (χ4n) is 6.32. The molecule has 0 aromatic carbocycles. The van der Waals surface area contributed by atoms with E-state index in [0.717, 1.165) is 25.7 Å². The molecule has 1 saturated carbocycles. The standard InChI is InChI=1S/C18H26O3/c1-5-17(6-2)11-9-10-12(18(17,7-3)8-4)14-13(11)15(19)21-16(14)20/h9-14H,5-8H2,1-4H3. The van der Waals surface area contributed by atoms with Crippen LogP contribution in [0.15, 0.2) is 12.2 Å². The number of ether oxygens (including phenoxy) is 1. The number of allylic oxidation sites excluding steroid dienone is 2. The fourth-order valence-corrected chi connectivity index (χ4v) is 6.32. The van der Waals surface area contributed by atoms with Gasteiger partial charge in [0.05, 0.1) is 11.8 Å². The highest BCUT2D eigenvalue weighted by molar-refractivity contribution is 5.97. The van der Waals surface area contributed by atoms with Gasteiger partial charge in [-0.3, -0.25) is 9.59 Å². The van der Waals surface area contributed by atoms with Crippen molar-refractivity contribution >= 4 is 11.9 Å². The second kappa shape index (κ2) is 4.69. The van der Waals surface area contributed by atoms with Gasteiger partial charge in [-0.2, -0.15) is 0 Å². The molecule has 0 aromatic rings. The number of carbonyl (C=O) groups is 2. The molecule has 0 aromatic heterocycles. The predicted octanol–water partition coefficient (Wildman–Crippen LogP) is 3.73. The van der Waals surface area contributed by atoms with Crippen LogP contribution in [0.4, 0.5) is 0 Å². The van der Waals surface area contributed by atoms with Gasteiger partial charge in [0.2, 0.25) is 0 Å². The Morgan fingerprint density at radius 3 is 1.43 bits per heavy atom. The molecule has 4 rings (SSSR count). The largest absolute Gasteiger partial charge is 0.393 e. The van der Waals surface area contributed by atoms with Crippen LogP contribution in [-0.4, -0.2) is 11.9 Å². The van der Waals surface area contributed by atoms with Gasteiger partial charge in [-0.25, -0.2) is 0 Å². The molecule has 0 N–H and O–H groups in total. The molecule has 4 atom stereocenters. The number of carbonyl (C=O) groups excluding carboxylic acids is 2. The number of esters is 2. The molecule has 1 heterocycles. The third-order valence-corrected chi connectivity index (χ3v) is 7.22. The van der Waals surface area contributed by atoms with Crippen molar-refractivity contribution in [2.24, 2.45) is 34.5 Å². The molecule has 3 aliphatic carbocycles. The number of hydrogen-bond donors (Lipinski definition) is 0. The maximum atomic E-state index is 12.2. The summed E-state index contributed by atoms with van der Waals surface area (Å²) >= 11 is 0. The molecule has 3 heteroatoms. The monoisotopic (exact) mass is 290 g/mol. The van der Waals surface area contributed by atoms with Crippen molar-refractivity contribution in [1.82, 2.24) is 0 Å². The summed E-state index contributed by atoms with van der Waals surface area (Å²) in [5.41, 5.74) is 0.224. The molecule has 2 bridgehead atoms. The molecule has 116 valence electrons. The van der Waals surface area contributed by atoms with Crippen molar-refractivity contribution in [3.8, 4) is 0 Å². The van der Waals surface area contributed by atoms with Crippen LogP contribution in [-0.2, 0) is 14.3 Å². The van der Waals surface area contributed by atoms with E-state index in [4.69, 9.17) is 4.74 Å². The van der Waals surface area contributed by atoms with E-state index in [2.05, 4.69) is 39.8 Å². The third-order valence-electron chi connectivity index (χ3n) is 7.22. The van der Waals surface area contributed by atoms with E-state index < -0.39 is 0 Å². The lowest BCUT2D eigenvalue weighted by Gasteiger charge is -2.65. The molecule has 3 nitrogen and oxygen atoms in total. The zero-order valence-electron chi connectivity index (χ0n) is 13.5. The summed E-state index contributed by atoms with van der Waals surface area (Å²) in [5.74, 6) is -0.729. The molecule has 1 saturated heterocycles. The van der Waals surface area contributed by atoms with E-state index in [0.29, 0.717) is 0 Å². The topological polar surface area (TPSA) is 43.4 Å². The van der Waals surface area contributed by atoms with E-state index in [1.807, 2.05) is 0 Å². The van der Waals surface area contributed by atoms with Crippen LogP contribution >= 0.6 is 0 Å². The second-order valence-corrected chi connectivity index (χ2v) is 6.95. The van der Waals surface area contributed by atoms with Crippen LogP contribution in [0, 0.1) is 34.5 Å². The minimum Gasteiger partial charge on any atom is -0.393 e. The molecule has 0 amide bonds. The summed E-state index contributed by atoms with van der Waals surface area (Å²) in [7, 11) is 0. The molecule has 1 aliphatic heterocycles. The SMILES string of the molecule is CCC1(CC)C2C=CC(C3C(=O)OC(=O)C32)C1(CC)CC. The number of rotatable bonds is 4. The Kier molecular flexibility index (Phi) is 3.30. The summed E-state index contributed by atoms with van der Waals surface area (Å²) in [4.78, 5) is 24.5. The smallest absolute Gasteiger partial charge is 0.318 e. The summed E-state index contributed by atoms with van der Waals surface area (Å²) in [6.45, 7) is 8.98. The Labute approximate surface area is 127 Å². The quantitative estimate of drug-likeness (QED) is 0.450. The maximum Gasteiger partial charge on any atom is 0.318 e. The van der Waals surface area contributed by atoms with Crippen molar-refractivity contribution in [3.63, 3.8) is 0 Å². The van der Waals surface area contributed by atoms with E-state index in [1.165, 1.54) is 0 Å². The Hall–Kier alpha value is -1.12. The van der Waals surface area contributed by atoms with Crippen LogP contribution in [0.3, 0.4) is 0 Å². The van der Waals surface area contributed by atoms with Gasteiger partial charge in [0, 0.05) is 0 Å². The minimum absolute atomic E-state index is 0.112. The Bertz CT molecular complexity index is 453. The second-order valence-electron chi connectivity index (χ2n) is 6.95. The van der Waals surface area contributed by atoms with Crippen molar-refractivity contribution in [2.75, 3.05) is 0 Å². The lowest BCUT2D eigenvalue weighted by atomic mass is 9.37. The first-order valence-electron chi connectivity index (χ1n) is 8.46. The molecule has 2 fully saturated rings. The number of fused-ring (bicyclic) bond motifs is 1. The molecule has 0 spiro atoms. The average molecular weight is 290 g/mol. The zero-order valence-corrected chi connectivity index (χ0v) is 13.5. The predicted molar refractivity (Wildman–Crippen MR) is 80.2 cm³/mol. The van der Waals surface area contributed by atoms with E-state index in [9.17, 15) is 9.59 Å². The van der Waals surface area contributed by atoms with Crippen molar-refractivity contribution in [3.05, 3.63) is 12.2 Å². The van der Waals surface area contributed by atoms with E-state index >= 15 is 0 Å². The van der Waals surface area contributed by atoms with Gasteiger partial charge in [-0.05, 0) is 48.3 Å². The Morgan fingerprint density at radius 2 is 1.14 bits per heavy atom. The van der Waals surface area contributed by atoms with Crippen molar-refractivity contribution in [2.45, 2.75) is 53.4 Å². The molecular formula is C18H26O3. The van der Waals surface area contributed by atoms with Gasteiger partial charge in [-0.15, -0.1) is 0 Å². The highest BCUT2D eigenvalue weighted by Crippen LogP contribution is 2.70. The molecular weight excluding hydrogens is 264 g/mol. The Balaban J connectivity index is 2.22. The lowest BCUT2D eigenvalue weighted by molar-refractivity contribution is -0.164. The van der Waals surface area contributed by atoms with Crippen LogP contribution in [0.1, 0.15) is 53.4 Å². The van der Waals surface area contributed by atoms with Crippen LogP contribution in [0.5, 0.6) is 0 Å². The van der Waals surface area contributed by atoms with Crippen molar-refractivity contribution < 1.29 is 14.3 Å². The van der Waals surface area contributed by atoms with Crippen LogP contribution in [0.25, 0.3) is 0 Å². The highest BCUT2D eigenvalue weighted by atomic mass is 16.6. The van der Waals surface area contributed by atoms with Crippen molar-refractivity contribution in [1.29, 1.82) is 0 Å². The highest BCUT2D eigenvalue weighted by Gasteiger charge is 2.70. The van der Waals surface area contributed by atoms with Crippen LogP contribution < -0.4 is 0 Å². The summed E-state index contributed by atoms with van der Waals surface area (Å²) in [5, 5.41) is 0. The normalized spacial score (nSPS) is 38.5. The minimum atomic E-state index is -0.281. The molecule has 0 radical (unpaired) electrons. The first-order valence-corrected chi connectivity index (χ1v) is 8.46. The fraction of sp³-hybridized carbons (Fsp3) is 0.778. The first-order chi connectivity index (χ1) is 10.0. The zero-order chi connectivity index (χ0) is 15.4. The van der Waals surface area contributed by atoms with Crippen LogP contribution in [0.2, 0.25) is 0 Å². The molecule has 4 aliphatic rings. The molecule has 21 heavy (non-hydrogen) atoms. The molecule has 4 unspecified atom stereocenters. The van der Waals surface area contributed by atoms with E-state index in [1.54, 1.807) is 0 Å². The van der Waals surface area contributed by atoms with Gasteiger partial charge in [-0.1, -0.05) is 39.8 Å². The summed E-state index contributed by atoms with van der Waals surface area (Å²) < 4.78 is 5.04. The third kappa shape index (κ3) is 1.45. The number of cyclic esters (lactones) is 2. The van der Waals surface area contributed by atoms with Gasteiger partial charge in [0.15, 0.2) is 0 Å². The van der Waals surface area contributed by atoms with Gasteiger partial charge in [0.1, 0.15) is 0 Å². The van der Waals surface area contributed by atoms with Gasteiger partial charge >= 0.3 is 11.9 Å². The first kappa shape index (κ1) is 14.8. The van der Waals surface area contributed by atoms with E-state index in [-0.39, 0.29) is 46.4 Å². The summed E-state index contributed by atoms with van der Waals surface area (Å²) in [6, 6.07) is 0. The van der Waals surface area contributed by atoms with Gasteiger partial charge < -0.3 is 4.74 Å². The lowest BCUT2D eigenvalue weighted by Crippen LogP contribution is -2.62. The Morgan fingerprint density at radius 1 is 0.810 bits per heavy atom. The average Bonchev–Trinajstić information content (AvgIpc) is 2.82.